The van der Waals surface area contributed by atoms with Gasteiger partial charge < -0.3 is 13.7 Å². The zero-order valence-electron chi connectivity index (χ0n) is 17.2. The molecule has 1 aliphatic heterocycles. The second-order valence-electron chi connectivity index (χ2n) is 7.55. The number of furan rings is 1. The third kappa shape index (κ3) is 3.45. The summed E-state index contributed by atoms with van der Waals surface area (Å²) in [5.74, 6) is -0.107. The Morgan fingerprint density at radius 2 is 1.88 bits per heavy atom. The molecule has 8 heteroatoms. The van der Waals surface area contributed by atoms with Crippen molar-refractivity contribution in [2.75, 3.05) is 4.90 Å². The molecule has 3 heterocycles. The van der Waals surface area contributed by atoms with Gasteiger partial charge in [0.1, 0.15) is 17.3 Å². The maximum absolute atomic E-state index is 13.1. The fourth-order valence-electron chi connectivity index (χ4n) is 3.89. The average molecular weight is 429 g/mol. The van der Waals surface area contributed by atoms with Gasteiger partial charge in [0.05, 0.1) is 24.9 Å². The summed E-state index contributed by atoms with van der Waals surface area (Å²) in [5, 5.41) is 0. The fraction of sp³-hybridized carbons (Fsp3) is 0.167. The van der Waals surface area contributed by atoms with Crippen LogP contribution in [0.1, 0.15) is 19.1 Å². The van der Waals surface area contributed by atoms with Gasteiger partial charge in [0.25, 0.3) is 5.91 Å². The zero-order valence-corrected chi connectivity index (χ0v) is 17.2. The van der Waals surface area contributed by atoms with E-state index < -0.39 is 11.9 Å². The number of amides is 3. The number of imide groups is 1. The van der Waals surface area contributed by atoms with Crippen molar-refractivity contribution in [2.45, 2.75) is 25.9 Å². The maximum Gasteiger partial charge on any atom is 0.257 e. The van der Waals surface area contributed by atoms with Crippen LogP contribution in [-0.2, 0) is 20.9 Å². The van der Waals surface area contributed by atoms with Crippen molar-refractivity contribution < 1.29 is 23.2 Å². The van der Waals surface area contributed by atoms with Gasteiger partial charge >= 0.3 is 0 Å². The molecule has 3 amide bonds. The molecule has 1 fully saturated rings. The minimum Gasteiger partial charge on any atom is -0.467 e. The van der Waals surface area contributed by atoms with Gasteiger partial charge in [-0.15, -0.1) is 0 Å². The van der Waals surface area contributed by atoms with Gasteiger partial charge in [-0.3, -0.25) is 14.4 Å². The number of fused-ring (bicyclic) bond motifs is 1. The van der Waals surface area contributed by atoms with E-state index in [1.165, 1.54) is 18.1 Å². The van der Waals surface area contributed by atoms with Crippen molar-refractivity contribution in [2.24, 2.45) is 0 Å². The summed E-state index contributed by atoms with van der Waals surface area (Å²) in [7, 11) is 0. The van der Waals surface area contributed by atoms with Crippen LogP contribution in [0.25, 0.3) is 22.6 Å². The number of hydrogen-bond donors (Lipinski definition) is 0. The lowest BCUT2D eigenvalue weighted by Crippen LogP contribution is -2.44. The number of rotatable bonds is 5. The highest BCUT2D eigenvalue weighted by atomic mass is 16.3. The van der Waals surface area contributed by atoms with Crippen LogP contribution in [0.4, 0.5) is 5.69 Å². The van der Waals surface area contributed by atoms with Crippen LogP contribution >= 0.6 is 0 Å². The van der Waals surface area contributed by atoms with Gasteiger partial charge in [-0.05, 0) is 48.5 Å². The molecular formula is C24H19N3O5. The van der Waals surface area contributed by atoms with Gasteiger partial charge in [0, 0.05) is 12.5 Å². The summed E-state index contributed by atoms with van der Waals surface area (Å²) in [6.07, 6.45) is 1.42. The van der Waals surface area contributed by atoms with E-state index in [9.17, 15) is 14.4 Å². The smallest absolute Gasteiger partial charge is 0.257 e. The molecule has 1 saturated heterocycles. The molecule has 2 aromatic carbocycles. The van der Waals surface area contributed by atoms with E-state index in [2.05, 4.69) is 4.98 Å². The molecule has 0 saturated carbocycles. The number of carbonyl (C=O) groups excluding carboxylic acids is 3. The molecule has 4 aromatic rings. The molecular weight excluding hydrogens is 410 g/mol. The molecule has 0 radical (unpaired) electrons. The van der Waals surface area contributed by atoms with Gasteiger partial charge in [-0.1, -0.05) is 12.1 Å². The molecule has 2 aromatic heterocycles. The Hall–Kier alpha value is -4.20. The minimum absolute atomic E-state index is 0.0774. The van der Waals surface area contributed by atoms with Crippen LogP contribution in [-0.4, -0.2) is 33.6 Å². The Kier molecular flexibility index (Phi) is 4.82. The van der Waals surface area contributed by atoms with Crippen LogP contribution in [0.15, 0.2) is 75.8 Å². The summed E-state index contributed by atoms with van der Waals surface area (Å²) in [4.78, 5) is 45.0. The Morgan fingerprint density at radius 3 is 2.56 bits per heavy atom. The average Bonchev–Trinajstić information content (AvgIpc) is 3.51. The third-order valence-corrected chi connectivity index (χ3v) is 5.48. The number of carbonyl (C=O) groups is 3. The number of benzene rings is 2. The number of oxazole rings is 1. The van der Waals surface area contributed by atoms with E-state index >= 15 is 0 Å². The predicted molar refractivity (Wildman–Crippen MR) is 115 cm³/mol. The SMILES string of the molecule is CC(=O)N(Cc1ccco1)C1CC(=O)N(c2ccc(-c3nc4ccccc4o3)cc2)C1=O. The summed E-state index contributed by atoms with van der Waals surface area (Å²) in [6, 6.07) is 16.9. The highest BCUT2D eigenvalue weighted by Crippen LogP contribution is 2.30. The van der Waals surface area contributed by atoms with Crippen molar-refractivity contribution >= 4 is 34.5 Å². The van der Waals surface area contributed by atoms with Gasteiger partial charge in [0.2, 0.25) is 17.7 Å². The summed E-state index contributed by atoms with van der Waals surface area (Å²) >= 11 is 0. The Morgan fingerprint density at radius 1 is 1.09 bits per heavy atom. The van der Waals surface area contributed by atoms with Crippen LogP contribution in [0.2, 0.25) is 0 Å². The number of nitrogens with zero attached hydrogens (tertiary/aromatic N) is 3. The molecule has 1 aliphatic rings. The quantitative estimate of drug-likeness (QED) is 0.448. The molecule has 0 spiro atoms. The highest BCUT2D eigenvalue weighted by Gasteiger charge is 2.43. The van der Waals surface area contributed by atoms with Gasteiger partial charge in [-0.2, -0.15) is 0 Å². The van der Waals surface area contributed by atoms with E-state index in [0.717, 1.165) is 16.0 Å². The lowest BCUT2D eigenvalue weighted by atomic mass is 10.2. The molecule has 1 atom stereocenters. The second-order valence-corrected chi connectivity index (χ2v) is 7.55. The van der Waals surface area contributed by atoms with Crippen LogP contribution in [0.3, 0.4) is 0 Å². The molecule has 0 N–H and O–H groups in total. The maximum atomic E-state index is 13.1. The van der Waals surface area contributed by atoms with E-state index in [4.69, 9.17) is 8.83 Å². The third-order valence-electron chi connectivity index (χ3n) is 5.48. The summed E-state index contributed by atoms with van der Waals surface area (Å²) in [5.41, 5.74) is 2.59. The second kappa shape index (κ2) is 7.81. The first-order valence-electron chi connectivity index (χ1n) is 10.1. The summed E-state index contributed by atoms with van der Waals surface area (Å²) in [6.45, 7) is 1.50. The van der Waals surface area contributed by atoms with E-state index in [1.807, 2.05) is 24.3 Å². The van der Waals surface area contributed by atoms with Crippen molar-refractivity contribution in [3.8, 4) is 11.5 Å². The number of aromatic nitrogens is 1. The topological polar surface area (TPSA) is 96.9 Å². The summed E-state index contributed by atoms with van der Waals surface area (Å²) < 4.78 is 11.1. The molecule has 0 aliphatic carbocycles. The molecule has 8 nitrogen and oxygen atoms in total. The van der Waals surface area contributed by atoms with E-state index in [-0.39, 0.29) is 24.8 Å². The number of hydrogen-bond acceptors (Lipinski definition) is 6. The first-order chi connectivity index (χ1) is 15.5. The lowest BCUT2D eigenvalue weighted by Gasteiger charge is -2.25. The van der Waals surface area contributed by atoms with E-state index in [0.29, 0.717) is 22.9 Å². The van der Waals surface area contributed by atoms with E-state index in [1.54, 1.807) is 36.4 Å². The Labute approximate surface area is 183 Å². The van der Waals surface area contributed by atoms with Crippen molar-refractivity contribution in [1.29, 1.82) is 0 Å². The Balaban J connectivity index is 1.39. The molecule has 0 bridgehead atoms. The minimum atomic E-state index is -0.873. The zero-order chi connectivity index (χ0) is 22.2. The predicted octanol–water partition coefficient (Wildman–Crippen LogP) is 3.77. The van der Waals surface area contributed by atoms with Crippen LogP contribution in [0.5, 0.6) is 0 Å². The fourth-order valence-corrected chi connectivity index (χ4v) is 3.89. The number of para-hydroxylation sites is 2. The molecule has 5 rings (SSSR count). The van der Waals surface area contributed by atoms with Crippen molar-refractivity contribution in [3.05, 3.63) is 72.7 Å². The van der Waals surface area contributed by atoms with Crippen molar-refractivity contribution in [1.82, 2.24) is 9.88 Å². The number of anilines is 1. The monoisotopic (exact) mass is 429 g/mol. The highest BCUT2D eigenvalue weighted by molar-refractivity contribution is 6.23. The largest absolute Gasteiger partial charge is 0.467 e. The van der Waals surface area contributed by atoms with Gasteiger partial charge in [0.15, 0.2) is 5.58 Å². The first-order valence-corrected chi connectivity index (χ1v) is 10.1. The standard InChI is InChI=1S/C24H19N3O5/c1-15(28)26(14-18-5-4-12-31-18)20-13-22(29)27(24(20)30)17-10-8-16(9-11-17)23-25-19-6-2-3-7-21(19)32-23/h2-12,20H,13-14H2,1H3. The van der Waals surface area contributed by atoms with Gasteiger partial charge in [-0.25, -0.2) is 9.88 Å². The molecule has 1 unspecified atom stereocenters. The van der Waals surface area contributed by atoms with Crippen LogP contribution < -0.4 is 4.90 Å². The van der Waals surface area contributed by atoms with Crippen molar-refractivity contribution in [3.63, 3.8) is 0 Å². The Bertz CT molecular complexity index is 1270. The first kappa shape index (κ1) is 19.7. The molecule has 32 heavy (non-hydrogen) atoms. The normalized spacial score (nSPS) is 16.2. The molecule has 160 valence electrons. The van der Waals surface area contributed by atoms with Crippen LogP contribution in [0, 0.1) is 0 Å². The lowest BCUT2D eigenvalue weighted by molar-refractivity contribution is -0.137.